The van der Waals surface area contributed by atoms with Crippen molar-refractivity contribution in [1.29, 1.82) is 0 Å². The molecule has 2 aromatic heterocycles. The Hall–Kier alpha value is -3.71. The highest BCUT2D eigenvalue weighted by Gasteiger charge is 2.26. The van der Waals surface area contributed by atoms with Crippen LogP contribution in [-0.4, -0.2) is 34.1 Å². The second kappa shape index (κ2) is 9.62. The maximum atomic E-state index is 13.4. The van der Waals surface area contributed by atoms with Crippen molar-refractivity contribution >= 4 is 28.7 Å². The fraction of sp³-hybridized carbons (Fsp3) is 0.160. The van der Waals surface area contributed by atoms with Crippen LogP contribution in [0.3, 0.4) is 0 Å². The highest BCUT2D eigenvalue weighted by Crippen LogP contribution is 2.30. The molecule has 0 aliphatic heterocycles. The Bertz CT molecular complexity index is 1200. The molecule has 0 radical (unpaired) electrons. The molecule has 4 aromatic rings. The standard InChI is InChI=1S/C25H24N4O2S/c1-17-12-20(10-11-26-17)19-8-9-23(30)21(14-19)28-25(31)22(13-18-6-4-3-5-7-18)29(2)24-15-32-16-27-24/h3-12,14-16,22,30H,13H2,1-2H3,(H,28,31)/t22-/m0/s1. The van der Waals surface area contributed by atoms with E-state index in [0.717, 1.165) is 28.2 Å². The first kappa shape index (κ1) is 21.5. The lowest BCUT2D eigenvalue weighted by Crippen LogP contribution is -2.43. The summed E-state index contributed by atoms with van der Waals surface area (Å²) in [4.78, 5) is 23.9. The Morgan fingerprint density at radius 3 is 2.59 bits per heavy atom. The van der Waals surface area contributed by atoms with E-state index in [-0.39, 0.29) is 11.7 Å². The number of aryl methyl sites for hydroxylation is 1. The third-order valence-electron chi connectivity index (χ3n) is 5.31. The third-order valence-corrected chi connectivity index (χ3v) is 5.88. The van der Waals surface area contributed by atoms with E-state index in [1.807, 2.05) is 72.8 Å². The zero-order chi connectivity index (χ0) is 22.5. The smallest absolute Gasteiger partial charge is 0.247 e. The number of amides is 1. The van der Waals surface area contributed by atoms with Gasteiger partial charge in [0, 0.05) is 30.7 Å². The second-order valence-corrected chi connectivity index (χ2v) is 8.29. The number of nitrogens with zero attached hydrogens (tertiary/aromatic N) is 3. The fourth-order valence-electron chi connectivity index (χ4n) is 3.54. The van der Waals surface area contributed by atoms with Crippen LogP contribution >= 0.6 is 11.3 Å². The molecule has 32 heavy (non-hydrogen) atoms. The first-order chi connectivity index (χ1) is 15.5. The van der Waals surface area contributed by atoms with Crippen molar-refractivity contribution in [3.63, 3.8) is 0 Å². The first-order valence-corrected chi connectivity index (χ1v) is 11.2. The van der Waals surface area contributed by atoms with Crippen molar-refractivity contribution in [2.75, 3.05) is 17.3 Å². The summed E-state index contributed by atoms with van der Waals surface area (Å²) in [6, 6.07) is 18.4. The van der Waals surface area contributed by atoms with E-state index in [1.165, 1.54) is 11.3 Å². The van der Waals surface area contributed by atoms with E-state index < -0.39 is 6.04 Å². The molecular weight excluding hydrogens is 420 g/mol. The number of hydrogen-bond donors (Lipinski definition) is 2. The molecule has 2 heterocycles. The van der Waals surface area contributed by atoms with Gasteiger partial charge in [-0.25, -0.2) is 4.98 Å². The van der Waals surface area contributed by atoms with Gasteiger partial charge in [-0.3, -0.25) is 9.78 Å². The van der Waals surface area contributed by atoms with Gasteiger partial charge in [0.1, 0.15) is 17.6 Å². The average molecular weight is 445 g/mol. The van der Waals surface area contributed by atoms with E-state index in [0.29, 0.717) is 12.1 Å². The van der Waals surface area contributed by atoms with Crippen LogP contribution in [0.1, 0.15) is 11.3 Å². The number of thiazole rings is 1. The second-order valence-electron chi connectivity index (χ2n) is 7.57. The number of benzene rings is 2. The van der Waals surface area contributed by atoms with Crippen LogP contribution in [0.5, 0.6) is 5.75 Å². The minimum Gasteiger partial charge on any atom is -0.506 e. The molecule has 0 aliphatic carbocycles. The summed E-state index contributed by atoms with van der Waals surface area (Å²) >= 11 is 1.48. The molecule has 0 fully saturated rings. The maximum absolute atomic E-state index is 13.4. The number of phenols is 1. The van der Waals surface area contributed by atoms with Crippen LogP contribution < -0.4 is 10.2 Å². The highest BCUT2D eigenvalue weighted by molar-refractivity contribution is 7.07. The predicted molar refractivity (Wildman–Crippen MR) is 129 cm³/mol. The number of anilines is 2. The summed E-state index contributed by atoms with van der Waals surface area (Å²) in [5.74, 6) is 0.529. The minimum atomic E-state index is -0.509. The SMILES string of the molecule is Cc1cc(-c2ccc(O)c(NC(=O)[C@H](Cc3ccccc3)N(C)c3cscn3)c2)ccn1. The normalized spacial score (nSPS) is 11.7. The van der Waals surface area contributed by atoms with Gasteiger partial charge in [0.25, 0.3) is 0 Å². The summed E-state index contributed by atoms with van der Waals surface area (Å²) in [5.41, 5.74) is 5.90. The number of pyridine rings is 1. The lowest BCUT2D eigenvalue weighted by molar-refractivity contribution is -0.117. The molecule has 0 unspecified atom stereocenters. The molecule has 162 valence electrons. The Kier molecular flexibility index (Phi) is 6.47. The zero-order valence-corrected chi connectivity index (χ0v) is 18.7. The fourth-order valence-corrected chi connectivity index (χ4v) is 4.12. The van der Waals surface area contributed by atoms with Gasteiger partial charge in [0.2, 0.25) is 5.91 Å². The van der Waals surface area contributed by atoms with Gasteiger partial charge < -0.3 is 15.3 Å². The molecule has 0 spiro atoms. The molecule has 0 aliphatic rings. The van der Waals surface area contributed by atoms with Gasteiger partial charge >= 0.3 is 0 Å². The number of carbonyl (C=O) groups excluding carboxylic acids is 1. The summed E-state index contributed by atoms with van der Waals surface area (Å²) in [5, 5.41) is 15.3. The van der Waals surface area contributed by atoms with Crippen LogP contribution in [0.2, 0.25) is 0 Å². The van der Waals surface area contributed by atoms with Gasteiger partial charge in [-0.2, -0.15) is 0 Å². The molecule has 0 bridgehead atoms. The first-order valence-electron chi connectivity index (χ1n) is 10.2. The van der Waals surface area contributed by atoms with Crippen LogP contribution in [0.25, 0.3) is 11.1 Å². The Morgan fingerprint density at radius 1 is 1.09 bits per heavy atom. The molecule has 1 atom stereocenters. The Balaban J connectivity index is 1.62. The van der Waals surface area contributed by atoms with Crippen molar-refractivity contribution in [1.82, 2.24) is 9.97 Å². The van der Waals surface area contributed by atoms with E-state index in [4.69, 9.17) is 0 Å². The van der Waals surface area contributed by atoms with Crippen molar-refractivity contribution in [2.45, 2.75) is 19.4 Å². The third kappa shape index (κ3) is 4.95. The van der Waals surface area contributed by atoms with Crippen LogP contribution in [0, 0.1) is 6.92 Å². The maximum Gasteiger partial charge on any atom is 0.247 e. The topological polar surface area (TPSA) is 78.4 Å². The van der Waals surface area contributed by atoms with Crippen molar-refractivity contribution in [3.05, 3.63) is 89.0 Å². The summed E-state index contributed by atoms with van der Waals surface area (Å²) in [6.45, 7) is 1.93. The molecule has 0 saturated carbocycles. The number of aromatic nitrogens is 2. The van der Waals surface area contributed by atoms with E-state index in [2.05, 4.69) is 15.3 Å². The van der Waals surface area contributed by atoms with Gasteiger partial charge in [0.05, 0.1) is 11.2 Å². The van der Waals surface area contributed by atoms with Crippen molar-refractivity contribution in [2.24, 2.45) is 0 Å². The molecule has 1 amide bonds. The van der Waals surface area contributed by atoms with Gasteiger partial charge in [0.15, 0.2) is 0 Å². The van der Waals surface area contributed by atoms with E-state index in [9.17, 15) is 9.90 Å². The predicted octanol–water partition coefficient (Wildman–Crippen LogP) is 4.91. The summed E-state index contributed by atoms with van der Waals surface area (Å²) in [6.07, 6.45) is 2.25. The van der Waals surface area contributed by atoms with Crippen LogP contribution in [-0.2, 0) is 11.2 Å². The number of likely N-dealkylation sites (N-methyl/N-ethyl adjacent to an activating group) is 1. The molecule has 7 heteroatoms. The quantitative estimate of drug-likeness (QED) is 0.396. The lowest BCUT2D eigenvalue weighted by atomic mass is 10.0. The number of phenolic OH excluding ortho intramolecular Hbond substituents is 1. The molecule has 4 rings (SSSR count). The van der Waals surface area contributed by atoms with Crippen molar-refractivity contribution in [3.8, 4) is 16.9 Å². The molecular formula is C25H24N4O2S. The summed E-state index contributed by atoms with van der Waals surface area (Å²) < 4.78 is 0. The average Bonchev–Trinajstić information content (AvgIpc) is 3.34. The monoisotopic (exact) mass is 444 g/mol. The number of aromatic hydroxyl groups is 1. The van der Waals surface area contributed by atoms with Crippen molar-refractivity contribution < 1.29 is 9.90 Å². The van der Waals surface area contributed by atoms with Gasteiger partial charge in [-0.05, 0) is 47.9 Å². The number of rotatable bonds is 7. The molecule has 6 nitrogen and oxygen atoms in total. The zero-order valence-electron chi connectivity index (χ0n) is 17.9. The minimum absolute atomic E-state index is 0.0163. The van der Waals surface area contributed by atoms with Crippen LogP contribution in [0.15, 0.2) is 77.8 Å². The number of nitrogens with one attached hydrogen (secondary N) is 1. The highest BCUT2D eigenvalue weighted by atomic mass is 32.1. The summed E-state index contributed by atoms with van der Waals surface area (Å²) in [7, 11) is 1.86. The number of hydrogen-bond acceptors (Lipinski definition) is 6. The molecule has 2 aromatic carbocycles. The van der Waals surface area contributed by atoms with E-state index >= 15 is 0 Å². The Morgan fingerprint density at radius 2 is 1.88 bits per heavy atom. The number of carbonyl (C=O) groups is 1. The van der Waals surface area contributed by atoms with E-state index in [1.54, 1.807) is 23.8 Å². The molecule has 2 N–H and O–H groups in total. The molecule has 0 saturated heterocycles. The van der Waals surface area contributed by atoms with Gasteiger partial charge in [-0.1, -0.05) is 36.4 Å². The van der Waals surface area contributed by atoms with Gasteiger partial charge in [-0.15, -0.1) is 11.3 Å². The lowest BCUT2D eigenvalue weighted by Gasteiger charge is -2.27. The van der Waals surface area contributed by atoms with Crippen LogP contribution in [0.4, 0.5) is 11.5 Å². The largest absolute Gasteiger partial charge is 0.506 e. The Labute approximate surface area is 191 Å².